The Bertz CT molecular complexity index is 628. The van der Waals surface area contributed by atoms with Gasteiger partial charge in [-0.05, 0) is 35.7 Å². The molecular formula is C18H20FNO2S. The molecule has 0 aliphatic rings. The Morgan fingerprint density at radius 1 is 1.13 bits per heavy atom. The first-order valence-electron chi connectivity index (χ1n) is 7.39. The van der Waals surface area contributed by atoms with Crippen LogP contribution in [0.25, 0.3) is 0 Å². The number of hydrogen-bond donors (Lipinski definition) is 2. The lowest BCUT2D eigenvalue weighted by Gasteiger charge is -2.14. The second-order valence-corrected chi connectivity index (χ2v) is 6.29. The number of carbonyl (C=O) groups excluding carboxylic acids is 1. The Labute approximate surface area is 139 Å². The second kappa shape index (κ2) is 8.70. The number of carbonyl (C=O) groups is 1. The van der Waals surface area contributed by atoms with Crippen molar-refractivity contribution in [2.24, 2.45) is 0 Å². The molecule has 0 fully saturated rings. The van der Waals surface area contributed by atoms with Gasteiger partial charge >= 0.3 is 0 Å². The molecule has 0 bridgehead atoms. The average Bonchev–Trinajstić information content (AvgIpc) is 2.56. The lowest BCUT2D eigenvalue weighted by atomic mass is 10.1. The van der Waals surface area contributed by atoms with Crippen molar-refractivity contribution in [3.63, 3.8) is 0 Å². The van der Waals surface area contributed by atoms with Crippen molar-refractivity contribution < 1.29 is 14.3 Å². The standard InChI is InChI=1S/C18H20FNO2S/c1-13(16-6-8-17(19)9-7-16)20-18(22)12-23-11-15-4-2-14(10-21)3-5-15/h2-9,13,21H,10-12H2,1H3,(H,20,22). The maximum absolute atomic E-state index is 12.9. The van der Waals surface area contributed by atoms with E-state index in [1.807, 2.05) is 31.2 Å². The fourth-order valence-electron chi connectivity index (χ4n) is 2.12. The van der Waals surface area contributed by atoms with Gasteiger partial charge in [-0.3, -0.25) is 4.79 Å². The third-order valence-corrected chi connectivity index (χ3v) is 4.46. The van der Waals surface area contributed by atoms with Gasteiger partial charge in [0.25, 0.3) is 0 Å². The summed E-state index contributed by atoms with van der Waals surface area (Å²) < 4.78 is 12.9. The Morgan fingerprint density at radius 3 is 2.35 bits per heavy atom. The van der Waals surface area contributed by atoms with Crippen LogP contribution in [-0.4, -0.2) is 16.8 Å². The first kappa shape index (κ1) is 17.5. The van der Waals surface area contributed by atoms with E-state index in [4.69, 9.17) is 5.11 Å². The Hall–Kier alpha value is -1.85. The summed E-state index contributed by atoms with van der Waals surface area (Å²) in [6.45, 7) is 1.92. The summed E-state index contributed by atoms with van der Waals surface area (Å²) in [5, 5.41) is 11.9. The highest BCUT2D eigenvalue weighted by molar-refractivity contribution is 7.99. The minimum atomic E-state index is -0.282. The van der Waals surface area contributed by atoms with Crippen LogP contribution >= 0.6 is 11.8 Å². The van der Waals surface area contributed by atoms with E-state index in [-0.39, 0.29) is 24.4 Å². The fraction of sp³-hybridized carbons (Fsp3) is 0.278. The fourth-order valence-corrected chi connectivity index (χ4v) is 2.92. The zero-order chi connectivity index (χ0) is 16.7. The number of benzene rings is 2. The summed E-state index contributed by atoms with van der Waals surface area (Å²) >= 11 is 1.53. The van der Waals surface area contributed by atoms with E-state index < -0.39 is 0 Å². The largest absolute Gasteiger partial charge is 0.392 e. The van der Waals surface area contributed by atoms with Crippen LogP contribution in [0.4, 0.5) is 4.39 Å². The van der Waals surface area contributed by atoms with Crippen LogP contribution in [0.15, 0.2) is 48.5 Å². The summed E-state index contributed by atoms with van der Waals surface area (Å²) in [6.07, 6.45) is 0. The van der Waals surface area contributed by atoms with Crippen molar-refractivity contribution in [3.05, 3.63) is 71.0 Å². The molecule has 2 aromatic carbocycles. The maximum atomic E-state index is 12.9. The van der Waals surface area contributed by atoms with Crippen LogP contribution < -0.4 is 5.32 Å². The zero-order valence-corrected chi connectivity index (χ0v) is 13.8. The third kappa shape index (κ3) is 5.69. The molecule has 0 aliphatic heterocycles. The average molecular weight is 333 g/mol. The number of hydrogen-bond acceptors (Lipinski definition) is 3. The van der Waals surface area contributed by atoms with Gasteiger partial charge in [0.2, 0.25) is 5.91 Å². The highest BCUT2D eigenvalue weighted by Crippen LogP contribution is 2.15. The summed E-state index contributed by atoms with van der Waals surface area (Å²) in [7, 11) is 0. The zero-order valence-electron chi connectivity index (χ0n) is 13.0. The van der Waals surface area contributed by atoms with Gasteiger partial charge in [-0.2, -0.15) is 0 Å². The molecule has 0 radical (unpaired) electrons. The number of nitrogens with one attached hydrogen (secondary N) is 1. The molecule has 0 spiro atoms. The van der Waals surface area contributed by atoms with Gasteiger partial charge < -0.3 is 10.4 Å². The van der Waals surface area contributed by atoms with Crippen molar-refractivity contribution in [2.45, 2.75) is 25.3 Å². The Kier molecular flexibility index (Phi) is 6.62. The van der Waals surface area contributed by atoms with E-state index in [1.54, 1.807) is 12.1 Å². The van der Waals surface area contributed by atoms with E-state index in [1.165, 1.54) is 23.9 Å². The van der Waals surface area contributed by atoms with Gasteiger partial charge in [0, 0.05) is 5.75 Å². The van der Waals surface area contributed by atoms with Gasteiger partial charge in [0.15, 0.2) is 0 Å². The molecule has 2 rings (SSSR count). The quantitative estimate of drug-likeness (QED) is 0.816. The van der Waals surface area contributed by atoms with E-state index in [0.29, 0.717) is 5.75 Å². The molecule has 0 aliphatic carbocycles. The summed E-state index contributed by atoms with van der Waals surface area (Å²) in [6, 6.07) is 13.7. The SMILES string of the molecule is CC(NC(=O)CSCc1ccc(CO)cc1)c1ccc(F)cc1. The third-order valence-electron chi connectivity index (χ3n) is 3.45. The van der Waals surface area contributed by atoms with Gasteiger partial charge in [-0.1, -0.05) is 36.4 Å². The molecule has 1 atom stereocenters. The normalized spacial score (nSPS) is 12.0. The molecule has 0 saturated heterocycles. The number of rotatable bonds is 7. The molecule has 0 heterocycles. The van der Waals surface area contributed by atoms with Crippen LogP contribution in [0.3, 0.4) is 0 Å². The highest BCUT2D eigenvalue weighted by Gasteiger charge is 2.09. The number of amides is 1. The molecule has 2 N–H and O–H groups in total. The van der Waals surface area contributed by atoms with Gasteiger partial charge in [0.1, 0.15) is 5.82 Å². The molecule has 23 heavy (non-hydrogen) atoms. The topological polar surface area (TPSA) is 49.3 Å². The summed E-state index contributed by atoms with van der Waals surface area (Å²) in [4.78, 5) is 11.9. The first-order valence-corrected chi connectivity index (χ1v) is 8.55. The molecule has 0 saturated carbocycles. The van der Waals surface area contributed by atoms with E-state index in [9.17, 15) is 9.18 Å². The van der Waals surface area contributed by atoms with E-state index in [2.05, 4.69) is 5.32 Å². The monoisotopic (exact) mass is 333 g/mol. The van der Waals surface area contributed by atoms with Gasteiger partial charge in [-0.25, -0.2) is 4.39 Å². The number of halogens is 1. The van der Waals surface area contributed by atoms with Crippen molar-refractivity contribution in [2.75, 3.05) is 5.75 Å². The molecule has 0 aromatic heterocycles. The van der Waals surface area contributed by atoms with Crippen molar-refractivity contribution in [1.29, 1.82) is 0 Å². The second-order valence-electron chi connectivity index (χ2n) is 5.31. The van der Waals surface area contributed by atoms with Crippen LogP contribution in [0, 0.1) is 5.82 Å². The lowest BCUT2D eigenvalue weighted by Crippen LogP contribution is -2.28. The molecule has 1 amide bonds. The van der Waals surface area contributed by atoms with Crippen LogP contribution in [0.2, 0.25) is 0 Å². The minimum Gasteiger partial charge on any atom is -0.392 e. The van der Waals surface area contributed by atoms with Crippen molar-refractivity contribution in [3.8, 4) is 0 Å². The number of aliphatic hydroxyl groups excluding tert-OH is 1. The van der Waals surface area contributed by atoms with Crippen molar-refractivity contribution in [1.82, 2.24) is 5.32 Å². The molecule has 1 unspecified atom stereocenters. The predicted octanol–water partition coefficient (Wildman–Crippen LogP) is 3.43. The van der Waals surface area contributed by atoms with Crippen LogP contribution in [-0.2, 0) is 17.2 Å². The maximum Gasteiger partial charge on any atom is 0.230 e. The molecule has 5 heteroatoms. The summed E-state index contributed by atoms with van der Waals surface area (Å²) in [5.74, 6) is 0.783. The van der Waals surface area contributed by atoms with E-state index >= 15 is 0 Å². The molecular weight excluding hydrogens is 313 g/mol. The minimum absolute atomic E-state index is 0.0388. The molecule has 2 aromatic rings. The molecule has 122 valence electrons. The molecule has 3 nitrogen and oxygen atoms in total. The van der Waals surface area contributed by atoms with Crippen LogP contribution in [0.5, 0.6) is 0 Å². The smallest absolute Gasteiger partial charge is 0.230 e. The Balaban J connectivity index is 1.74. The highest BCUT2D eigenvalue weighted by atomic mass is 32.2. The van der Waals surface area contributed by atoms with E-state index in [0.717, 1.165) is 22.4 Å². The number of thioether (sulfide) groups is 1. The first-order chi connectivity index (χ1) is 11.1. The van der Waals surface area contributed by atoms with Crippen molar-refractivity contribution >= 4 is 17.7 Å². The predicted molar refractivity (Wildman–Crippen MR) is 91.5 cm³/mol. The van der Waals surface area contributed by atoms with Gasteiger partial charge in [0.05, 0.1) is 18.4 Å². The lowest BCUT2D eigenvalue weighted by molar-refractivity contribution is -0.119. The Morgan fingerprint density at radius 2 is 1.74 bits per heavy atom. The summed E-state index contributed by atoms with van der Waals surface area (Å²) in [5.41, 5.74) is 2.88. The van der Waals surface area contributed by atoms with Gasteiger partial charge in [-0.15, -0.1) is 11.8 Å². The van der Waals surface area contributed by atoms with Crippen LogP contribution in [0.1, 0.15) is 29.7 Å². The number of aliphatic hydroxyl groups is 1.